The van der Waals surface area contributed by atoms with Gasteiger partial charge >= 0.3 is 0 Å². The molecule has 2 aromatic rings. The van der Waals surface area contributed by atoms with E-state index in [9.17, 15) is 9.18 Å². The Balaban J connectivity index is 2.28. The number of halogens is 2. The Morgan fingerprint density at radius 1 is 1.30 bits per heavy atom. The quantitative estimate of drug-likeness (QED) is 0.902. The Labute approximate surface area is 124 Å². The molecule has 0 radical (unpaired) electrons. The van der Waals surface area contributed by atoms with Crippen molar-refractivity contribution >= 4 is 27.5 Å². The molecule has 20 heavy (non-hydrogen) atoms. The number of benzene rings is 2. The van der Waals surface area contributed by atoms with Crippen LogP contribution >= 0.6 is 15.9 Å². The molecule has 0 saturated carbocycles. The lowest BCUT2D eigenvalue weighted by Gasteiger charge is -2.09. The highest BCUT2D eigenvalue weighted by Gasteiger charge is 2.10. The summed E-state index contributed by atoms with van der Waals surface area (Å²) in [6.45, 7) is 1.82. The molecule has 0 unspecified atom stereocenters. The van der Waals surface area contributed by atoms with Crippen molar-refractivity contribution in [2.24, 2.45) is 0 Å². The molecule has 0 heterocycles. The smallest absolute Gasteiger partial charge is 0.255 e. The summed E-state index contributed by atoms with van der Waals surface area (Å²) in [6, 6.07) is 11.2. The van der Waals surface area contributed by atoms with E-state index < -0.39 is 11.7 Å². The second-order valence-electron chi connectivity index (χ2n) is 4.22. The Hall–Kier alpha value is -2.19. The number of carbonyl (C=O) groups excluding carboxylic acids is 1. The van der Waals surface area contributed by atoms with Gasteiger partial charge in [-0.3, -0.25) is 4.79 Å². The molecule has 0 aliphatic heterocycles. The van der Waals surface area contributed by atoms with Crippen LogP contribution in [0.5, 0.6) is 0 Å². The Kier molecular flexibility index (Phi) is 4.16. The van der Waals surface area contributed by atoms with Gasteiger partial charge in [0.1, 0.15) is 5.82 Å². The number of aryl methyl sites for hydroxylation is 1. The van der Waals surface area contributed by atoms with Crippen LogP contribution in [-0.2, 0) is 0 Å². The van der Waals surface area contributed by atoms with Gasteiger partial charge in [0.15, 0.2) is 0 Å². The zero-order chi connectivity index (χ0) is 14.7. The second kappa shape index (κ2) is 5.85. The third-order valence-corrected chi connectivity index (χ3v) is 3.44. The number of anilines is 1. The highest BCUT2D eigenvalue weighted by atomic mass is 79.9. The maximum absolute atomic E-state index is 13.4. The normalized spacial score (nSPS) is 9.90. The summed E-state index contributed by atoms with van der Waals surface area (Å²) in [4.78, 5) is 12.1. The number of rotatable bonds is 2. The number of hydrogen-bond acceptors (Lipinski definition) is 2. The van der Waals surface area contributed by atoms with Gasteiger partial charge in [-0.1, -0.05) is 6.07 Å². The van der Waals surface area contributed by atoms with Gasteiger partial charge in [-0.25, -0.2) is 4.39 Å². The van der Waals surface area contributed by atoms with E-state index in [1.807, 2.05) is 13.0 Å². The molecule has 0 aliphatic carbocycles. The van der Waals surface area contributed by atoms with Crippen molar-refractivity contribution < 1.29 is 9.18 Å². The Bertz CT molecular complexity index is 722. The van der Waals surface area contributed by atoms with Crippen LogP contribution in [0.3, 0.4) is 0 Å². The maximum Gasteiger partial charge on any atom is 0.255 e. The van der Waals surface area contributed by atoms with Crippen molar-refractivity contribution in [3.8, 4) is 6.07 Å². The predicted molar refractivity (Wildman–Crippen MR) is 77.9 cm³/mol. The summed E-state index contributed by atoms with van der Waals surface area (Å²) < 4.78 is 13.7. The molecule has 1 N–H and O–H groups in total. The summed E-state index contributed by atoms with van der Waals surface area (Å²) in [5.41, 5.74) is 2.03. The molecule has 1 amide bonds. The molecule has 0 aromatic heterocycles. The van der Waals surface area contributed by atoms with Crippen LogP contribution in [0.25, 0.3) is 0 Å². The molecule has 0 fully saturated rings. The number of nitriles is 1. The first-order valence-corrected chi connectivity index (χ1v) is 6.57. The van der Waals surface area contributed by atoms with Crippen molar-refractivity contribution in [3.63, 3.8) is 0 Å². The number of nitrogens with zero attached hydrogens (tertiary/aromatic N) is 1. The van der Waals surface area contributed by atoms with E-state index in [0.717, 1.165) is 11.6 Å². The molecule has 0 saturated heterocycles. The minimum absolute atomic E-state index is 0.215. The standard InChI is InChI=1S/C15H10BrFN2O/c1-9-2-3-10(8-18)6-14(9)19-15(20)11-4-5-12(16)13(17)7-11/h2-7H,1H3,(H,19,20). The average molecular weight is 333 g/mol. The van der Waals surface area contributed by atoms with Crippen LogP contribution in [-0.4, -0.2) is 5.91 Å². The van der Waals surface area contributed by atoms with Crippen molar-refractivity contribution in [3.05, 3.63) is 63.4 Å². The van der Waals surface area contributed by atoms with Crippen LogP contribution in [0.1, 0.15) is 21.5 Å². The molecule has 0 atom stereocenters. The molecule has 2 aromatic carbocycles. The minimum atomic E-state index is -0.500. The predicted octanol–water partition coefficient (Wildman–Crippen LogP) is 4.02. The Morgan fingerprint density at radius 2 is 2.05 bits per heavy atom. The van der Waals surface area contributed by atoms with Gasteiger partial charge in [0.05, 0.1) is 16.1 Å². The fourth-order valence-corrected chi connectivity index (χ4v) is 1.90. The van der Waals surface area contributed by atoms with Crippen molar-refractivity contribution in [2.75, 3.05) is 5.32 Å². The molecule has 3 nitrogen and oxygen atoms in total. The second-order valence-corrected chi connectivity index (χ2v) is 5.08. The van der Waals surface area contributed by atoms with Gasteiger partial charge in [-0.15, -0.1) is 0 Å². The van der Waals surface area contributed by atoms with E-state index in [1.54, 1.807) is 18.2 Å². The first-order valence-electron chi connectivity index (χ1n) is 5.78. The lowest BCUT2D eigenvalue weighted by molar-refractivity contribution is 0.102. The summed E-state index contributed by atoms with van der Waals surface area (Å²) in [6.07, 6.45) is 0. The zero-order valence-corrected chi connectivity index (χ0v) is 12.2. The number of hydrogen-bond donors (Lipinski definition) is 1. The van der Waals surface area contributed by atoms with Crippen LogP contribution in [0.4, 0.5) is 10.1 Å². The number of nitrogens with one attached hydrogen (secondary N) is 1. The van der Waals surface area contributed by atoms with Gasteiger partial charge in [-0.2, -0.15) is 5.26 Å². The molecule has 5 heteroatoms. The summed E-state index contributed by atoms with van der Waals surface area (Å²) in [5.74, 6) is -0.922. The van der Waals surface area contributed by atoms with Crippen molar-refractivity contribution in [1.82, 2.24) is 0 Å². The monoisotopic (exact) mass is 332 g/mol. The summed E-state index contributed by atoms with van der Waals surface area (Å²) in [7, 11) is 0. The Morgan fingerprint density at radius 3 is 2.70 bits per heavy atom. The van der Waals surface area contributed by atoms with E-state index in [0.29, 0.717) is 15.7 Å². The molecule has 2 rings (SSSR count). The van der Waals surface area contributed by atoms with E-state index in [4.69, 9.17) is 5.26 Å². The van der Waals surface area contributed by atoms with Gasteiger partial charge in [0.25, 0.3) is 5.91 Å². The van der Waals surface area contributed by atoms with E-state index in [1.165, 1.54) is 12.1 Å². The maximum atomic E-state index is 13.4. The van der Waals surface area contributed by atoms with Gasteiger partial charge in [0, 0.05) is 11.3 Å². The summed E-state index contributed by atoms with van der Waals surface area (Å²) >= 11 is 3.03. The largest absolute Gasteiger partial charge is 0.322 e. The SMILES string of the molecule is Cc1ccc(C#N)cc1NC(=O)c1ccc(Br)c(F)c1. The van der Waals surface area contributed by atoms with Crippen molar-refractivity contribution in [1.29, 1.82) is 5.26 Å². The third-order valence-electron chi connectivity index (χ3n) is 2.80. The van der Waals surface area contributed by atoms with E-state index in [-0.39, 0.29) is 5.56 Å². The fourth-order valence-electron chi connectivity index (χ4n) is 1.66. The van der Waals surface area contributed by atoms with Crippen LogP contribution in [0.2, 0.25) is 0 Å². The minimum Gasteiger partial charge on any atom is -0.322 e. The third kappa shape index (κ3) is 3.03. The molecular weight excluding hydrogens is 323 g/mol. The highest BCUT2D eigenvalue weighted by Crippen LogP contribution is 2.20. The van der Waals surface area contributed by atoms with Crippen LogP contribution < -0.4 is 5.32 Å². The van der Waals surface area contributed by atoms with Crippen LogP contribution in [0, 0.1) is 24.1 Å². The van der Waals surface area contributed by atoms with Gasteiger partial charge in [-0.05, 0) is 58.7 Å². The zero-order valence-electron chi connectivity index (χ0n) is 10.6. The molecule has 100 valence electrons. The van der Waals surface area contributed by atoms with Crippen LogP contribution in [0.15, 0.2) is 40.9 Å². The number of amides is 1. The molecule has 0 aliphatic rings. The first-order chi connectivity index (χ1) is 9.51. The average Bonchev–Trinajstić information content (AvgIpc) is 2.44. The topological polar surface area (TPSA) is 52.9 Å². The molecular formula is C15H10BrFN2O. The lowest BCUT2D eigenvalue weighted by Crippen LogP contribution is -2.13. The van der Waals surface area contributed by atoms with Crippen molar-refractivity contribution in [2.45, 2.75) is 6.92 Å². The van der Waals surface area contributed by atoms with E-state index >= 15 is 0 Å². The van der Waals surface area contributed by atoms with Gasteiger partial charge in [0.2, 0.25) is 0 Å². The highest BCUT2D eigenvalue weighted by molar-refractivity contribution is 9.10. The fraction of sp³-hybridized carbons (Fsp3) is 0.0667. The molecule has 0 bridgehead atoms. The molecule has 0 spiro atoms. The summed E-state index contributed by atoms with van der Waals surface area (Å²) in [5, 5.41) is 11.5. The van der Waals surface area contributed by atoms with E-state index in [2.05, 4.69) is 21.2 Å². The first kappa shape index (κ1) is 14.2. The van der Waals surface area contributed by atoms with Gasteiger partial charge < -0.3 is 5.32 Å². The number of carbonyl (C=O) groups is 1. The lowest BCUT2D eigenvalue weighted by atomic mass is 10.1.